The van der Waals surface area contributed by atoms with E-state index in [1.54, 1.807) is 12.1 Å². The number of aryl methyl sites for hydroxylation is 1. The van der Waals surface area contributed by atoms with Crippen LogP contribution in [0.3, 0.4) is 0 Å². The molecule has 34 heavy (non-hydrogen) atoms. The minimum absolute atomic E-state index is 0.261. The van der Waals surface area contributed by atoms with Crippen molar-refractivity contribution >= 4 is 23.5 Å². The number of halogens is 4. The molecular weight excluding hydrogens is 467 g/mol. The lowest BCUT2D eigenvalue weighted by molar-refractivity contribution is -0.139. The van der Waals surface area contributed by atoms with E-state index in [-0.39, 0.29) is 5.02 Å². The maximum absolute atomic E-state index is 14.1. The van der Waals surface area contributed by atoms with E-state index in [1.807, 2.05) is 6.92 Å². The number of hydrogen-bond donors (Lipinski definition) is 2. The number of nitrogens with one attached hydrogen (secondary N) is 1. The first-order chi connectivity index (χ1) is 16.2. The third kappa shape index (κ3) is 4.28. The number of amides is 1. The van der Waals surface area contributed by atoms with Gasteiger partial charge < -0.3 is 10.4 Å². The quantitative estimate of drug-likeness (QED) is 0.446. The van der Waals surface area contributed by atoms with Gasteiger partial charge in [-0.2, -0.15) is 0 Å². The highest BCUT2D eigenvalue weighted by molar-refractivity contribution is 6.33. The third-order valence-corrected chi connectivity index (χ3v) is 6.43. The number of hydrogen-bond acceptors (Lipinski definition) is 2. The molecule has 0 radical (unpaired) electrons. The number of rotatable bonds is 6. The molecule has 8 heteroatoms. The number of carbonyl (C=O) groups excluding carboxylic acids is 1. The monoisotopic (exact) mass is 487 g/mol. The Morgan fingerprint density at radius 1 is 1.06 bits per heavy atom. The zero-order valence-electron chi connectivity index (χ0n) is 18.2. The Kier molecular flexibility index (Phi) is 6.66. The largest absolute Gasteiger partial charge is 0.479 e. The van der Waals surface area contributed by atoms with Gasteiger partial charge in [-0.25, -0.2) is 18.0 Å². The third-order valence-electron chi connectivity index (χ3n) is 6.13. The molecule has 0 saturated heterocycles. The number of fused-ring (bicyclic) bond motifs is 1. The van der Waals surface area contributed by atoms with Crippen molar-refractivity contribution < 1.29 is 27.9 Å². The first-order valence-corrected chi connectivity index (χ1v) is 11.2. The van der Waals surface area contributed by atoms with E-state index in [0.29, 0.717) is 30.4 Å². The van der Waals surface area contributed by atoms with Crippen LogP contribution in [0.1, 0.15) is 52.0 Å². The minimum atomic E-state index is -1.51. The Morgan fingerprint density at radius 3 is 2.38 bits per heavy atom. The molecule has 0 heterocycles. The van der Waals surface area contributed by atoms with Crippen LogP contribution < -0.4 is 5.32 Å². The van der Waals surface area contributed by atoms with Gasteiger partial charge in [0.2, 0.25) is 0 Å². The highest BCUT2D eigenvalue weighted by atomic mass is 35.5. The molecule has 3 aromatic rings. The lowest BCUT2D eigenvalue weighted by Crippen LogP contribution is -2.35. The number of carboxylic acids is 1. The average Bonchev–Trinajstić information content (AvgIpc) is 3.27. The summed E-state index contributed by atoms with van der Waals surface area (Å²) in [7, 11) is 0. The molecule has 1 amide bonds. The van der Waals surface area contributed by atoms with E-state index in [4.69, 9.17) is 11.6 Å². The van der Waals surface area contributed by atoms with Gasteiger partial charge in [0.25, 0.3) is 5.91 Å². The van der Waals surface area contributed by atoms with Crippen molar-refractivity contribution in [2.75, 3.05) is 0 Å². The summed E-state index contributed by atoms with van der Waals surface area (Å²) in [5.41, 5.74) is 3.32. The second-order valence-corrected chi connectivity index (χ2v) is 8.54. The molecular formula is C26H21ClF3NO3. The molecule has 2 N–H and O–H groups in total. The second-order valence-electron chi connectivity index (χ2n) is 8.13. The Labute approximate surface area is 199 Å². The standard InChI is InChI=1S/C26H21ClF3NO3/c1-2-13-11-14(28)12-19(27)22(13)17-9-10-18(16-6-3-5-15(16)17)24(26(33)34)31-25(32)23-20(29)7-4-8-21(23)30/h4,7-12,24H,2-3,5-6H2,1H3,(H,31,32)(H,33,34). The summed E-state index contributed by atoms with van der Waals surface area (Å²) in [5, 5.41) is 12.4. The first kappa shape index (κ1) is 23.8. The predicted octanol–water partition coefficient (Wildman–Crippen LogP) is 6.03. The maximum Gasteiger partial charge on any atom is 0.330 e. The molecule has 0 saturated carbocycles. The van der Waals surface area contributed by atoms with Crippen LogP contribution in [0, 0.1) is 17.5 Å². The summed E-state index contributed by atoms with van der Waals surface area (Å²) < 4.78 is 42.0. The summed E-state index contributed by atoms with van der Waals surface area (Å²) in [5.74, 6) is -5.12. The van der Waals surface area contributed by atoms with E-state index in [9.17, 15) is 27.9 Å². The van der Waals surface area contributed by atoms with E-state index in [2.05, 4.69) is 5.32 Å². The van der Waals surface area contributed by atoms with Gasteiger partial charge >= 0.3 is 5.97 Å². The average molecular weight is 488 g/mol. The fourth-order valence-electron chi connectivity index (χ4n) is 4.64. The van der Waals surface area contributed by atoms with Crippen molar-refractivity contribution in [2.24, 2.45) is 0 Å². The molecule has 176 valence electrons. The van der Waals surface area contributed by atoms with E-state index < -0.39 is 40.9 Å². The van der Waals surface area contributed by atoms with Crippen LogP contribution in [-0.2, 0) is 24.1 Å². The van der Waals surface area contributed by atoms with Crippen LogP contribution >= 0.6 is 11.6 Å². The van der Waals surface area contributed by atoms with Gasteiger partial charge in [-0.15, -0.1) is 0 Å². The van der Waals surface area contributed by atoms with Crippen LogP contribution in [0.25, 0.3) is 11.1 Å². The van der Waals surface area contributed by atoms with Crippen molar-refractivity contribution in [3.63, 3.8) is 0 Å². The molecule has 0 bridgehead atoms. The zero-order valence-corrected chi connectivity index (χ0v) is 19.0. The highest BCUT2D eigenvalue weighted by Gasteiger charge is 2.31. The fraction of sp³-hybridized carbons (Fsp3) is 0.231. The van der Waals surface area contributed by atoms with Gasteiger partial charge in [-0.05, 0) is 77.8 Å². The van der Waals surface area contributed by atoms with E-state index in [0.717, 1.165) is 46.9 Å². The summed E-state index contributed by atoms with van der Waals surface area (Å²) in [4.78, 5) is 24.7. The Hall–Kier alpha value is -3.32. The fourth-order valence-corrected chi connectivity index (χ4v) is 4.96. The van der Waals surface area contributed by atoms with Crippen molar-refractivity contribution in [3.05, 3.63) is 92.8 Å². The minimum Gasteiger partial charge on any atom is -0.479 e. The van der Waals surface area contributed by atoms with Gasteiger partial charge in [0.15, 0.2) is 6.04 Å². The predicted molar refractivity (Wildman–Crippen MR) is 122 cm³/mol. The van der Waals surface area contributed by atoms with Gasteiger partial charge in [0.05, 0.1) is 5.02 Å². The Morgan fingerprint density at radius 2 is 1.74 bits per heavy atom. The van der Waals surface area contributed by atoms with Crippen molar-refractivity contribution in [1.29, 1.82) is 0 Å². The summed E-state index contributed by atoms with van der Waals surface area (Å²) >= 11 is 6.41. The summed E-state index contributed by atoms with van der Waals surface area (Å²) in [6, 6.07) is 7.43. The molecule has 1 aliphatic rings. The second kappa shape index (κ2) is 9.50. The number of carboxylic acid groups (broad SMARTS) is 1. The highest BCUT2D eigenvalue weighted by Crippen LogP contribution is 2.41. The first-order valence-electron chi connectivity index (χ1n) is 10.8. The van der Waals surface area contributed by atoms with Crippen molar-refractivity contribution in [2.45, 2.75) is 38.6 Å². The van der Waals surface area contributed by atoms with E-state index in [1.165, 1.54) is 12.1 Å². The van der Waals surface area contributed by atoms with Gasteiger partial charge in [-0.1, -0.05) is 36.7 Å². The lowest BCUT2D eigenvalue weighted by Gasteiger charge is -2.21. The van der Waals surface area contributed by atoms with Crippen LogP contribution in [-0.4, -0.2) is 17.0 Å². The molecule has 1 atom stereocenters. The summed E-state index contributed by atoms with van der Waals surface area (Å²) in [6.07, 6.45) is 2.51. The van der Waals surface area contributed by atoms with Gasteiger partial charge in [0.1, 0.15) is 23.0 Å². The van der Waals surface area contributed by atoms with E-state index >= 15 is 0 Å². The smallest absolute Gasteiger partial charge is 0.330 e. The molecule has 1 aliphatic carbocycles. The lowest BCUT2D eigenvalue weighted by atomic mass is 9.88. The number of carbonyl (C=O) groups is 2. The van der Waals surface area contributed by atoms with Crippen molar-refractivity contribution in [3.8, 4) is 11.1 Å². The molecule has 0 fully saturated rings. The van der Waals surface area contributed by atoms with Gasteiger partial charge in [0, 0.05) is 5.56 Å². The molecule has 0 aromatic heterocycles. The molecule has 0 spiro atoms. The molecule has 4 rings (SSSR count). The van der Waals surface area contributed by atoms with Crippen LogP contribution in [0.5, 0.6) is 0 Å². The number of benzene rings is 3. The van der Waals surface area contributed by atoms with Gasteiger partial charge in [-0.3, -0.25) is 4.79 Å². The summed E-state index contributed by atoms with van der Waals surface area (Å²) in [6.45, 7) is 1.89. The molecule has 1 unspecified atom stereocenters. The molecule has 4 nitrogen and oxygen atoms in total. The zero-order chi connectivity index (χ0) is 24.6. The molecule has 3 aromatic carbocycles. The van der Waals surface area contributed by atoms with Crippen molar-refractivity contribution in [1.82, 2.24) is 5.32 Å². The SMILES string of the molecule is CCc1cc(F)cc(Cl)c1-c1ccc(C(NC(=O)c2c(F)cccc2F)C(=O)O)c2c1CCC2. The van der Waals surface area contributed by atoms with Crippen LogP contribution in [0.15, 0.2) is 42.5 Å². The number of aliphatic carboxylic acids is 1. The normalized spacial score (nSPS) is 13.4. The molecule has 0 aliphatic heterocycles. The Balaban J connectivity index is 1.79. The Bertz CT molecular complexity index is 1290. The maximum atomic E-state index is 14.1. The van der Waals surface area contributed by atoms with Crippen LogP contribution in [0.4, 0.5) is 13.2 Å². The van der Waals surface area contributed by atoms with Crippen LogP contribution in [0.2, 0.25) is 5.02 Å². The topological polar surface area (TPSA) is 66.4 Å².